The summed E-state index contributed by atoms with van der Waals surface area (Å²) in [4.78, 5) is 20.7. The van der Waals surface area contributed by atoms with Gasteiger partial charge in [-0.15, -0.1) is 0 Å². The summed E-state index contributed by atoms with van der Waals surface area (Å²) in [6.07, 6.45) is 1.51. The van der Waals surface area contributed by atoms with Gasteiger partial charge in [0.25, 0.3) is 0 Å². The van der Waals surface area contributed by atoms with E-state index in [1.807, 2.05) is 0 Å². The molecule has 0 spiro atoms. The fourth-order valence-corrected chi connectivity index (χ4v) is 3.31. The number of hydrogen-bond acceptors (Lipinski definition) is 7. The third kappa shape index (κ3) is 4.38. The lowest BCUT2D eigenvalue weighted by atomic mass is 10.1. The summed E-state index contributed by atoms with van der Waals surface area (Å²) in [6, 6.07) is 9.41. The number of benzene rings is 1. The zero-order chi connectivity index (χ0) is 20.1. The Morgan fingerprint density at radius 2 is 2.07 bits per heavy atom. The van der Waals surface area contributed by atoms with Gasteiger partial charge in [0.15, 0.2) is 0 Å². The van der Waals surface area contributed by atoms with Crippen LogP contribution in [0.3, 0.4) is 0 Å². The van der Waals surface area contributed by atoms with Crippen LogP contribution in [0.15, 0.2) is 46.0 Å². The van der Waals surface area contributed by atoms with E-state index in [2.05, 4.69) is 16.0 Å². The molecule has 0 aliphatic carbocycles. The largest absolute Gasteiger partial charge is 0.462 e. The number of halogens is 1. The number of oxazole rings is 1. The normalized spacial score (nSPS) is 10.5. The molecule has 0 aliphatic rings. The molecule has 2 aromatic heterocycles. The minimum Gasteiger partial charge on any atom is -0.462 e. The number of carbonyl (C=O) groups excluding carboxylic acids is 1. The van der Waals surface area contributed by atoms with E-state index in [0.717, 1.165) is 0 Å². The molecule has 3 aromatic rings. The lowest BCUT2D eigenvalue weighted by molar-refractivity contribution is 0.0524. The molecule has 0 N–H and O–H groups in total. The van der Waals surface area contributed by atoms with Crippen LogP contribution in [0.2, 0.25) is 0 Å². The summed E-state index contributed by atoms with van der Waals surface area (Å²) < 4.78 is 23.5. The Balaban J connectivity index is 1.76. The maximum Gasteiger partial charge on any atom is 0.340 e. The highest BCUT2D eigenvalue weighted by atomic mass is 32.2. The quantitative estimate of drug-likeness (QED) is 0.446. The molecular weight excluding hydrogens is 381 g/mol. The molecular formula is C20H16FN3O3S. The third-order valence-electron chi connectivity index (χ3n) is 3.79. The molecule has 0 bridgehead atoms. The number of ether oxygens (including phenoxy) is 1. The van der Waals surface area contributed by atoms with Crippen LogP contribution in [0.1, 0.15) is 34.2 Å². The number of aryl methyl sites for hydroxylation is 1. The molecule has 0 fully saturated rings. The fraction of sp³-hybridized carbons (Fsp3) is 0.200. The van der Waals surface area contributed by atoms with Gasteiger partial charge in [-0.1, -0.05) is 11.8 Å². The van der Waals surface area contributed by atoms with Crippen molar-refractivity contribution in [2.24, 2.45) is 0 Å². The number of thioether (sulfide) groups is 1. The van der Waals surface area contributed by atoms with Gasteiger partial charge in [0.05, 0.1) is 29.1 Å². The van der Waals surface area contributed by atoms with Crippen LogP contribution in [0.4, 0.5) is 4.39 Å². The Morgan fingerprint density at radius 3 is 2.75 bits per heavy atom. The molecule has 28 heavy (non-hydrogen) atoms. The molecule has 0 atom stereocenters. The summed E-state index contributed by atoms with van der Waals surface area (Å²) in [5.41, 5.74) is 2.39. The SMILES string of the molecule is CCOC(=O)c1cc(C#N)c(SCc2coc(-c3ccc(F)cc3)n2)nc1C. The zero-order valence-electron chi connectivity index (χ0n) is 15.2. The maximum atomic E-state index is 13.0. The average molecular weight is 397 g/mol. The van der Waals surface area contributed by atoms with E-state index in [-0.39, 0.29) is 18.0 Å². The number of hydrogen-bond donors (Lipinski definition) is 0. The lowest BCUT2D eigenvalue weighted by Crippen LogP contribution is -2.09. The number of carbonyl (C=O) groups is 1. The fourth-order valence-electron chi connectivity index (χ4n) is 2.43. The van der Waals surface area contributed by atoms with Crippen molar-refractivity contribution in [3.05, 3.63) is 64.9 Å². The second-order valence-electron chi connectivity index (χ2n) is 5.75. The number of esters is 1. The first kappa shape index (κ1) is 19.6. The van der Waals surface area contributed by atoms with Crippen LogP contribution in [-0.4, -0.2) is 22.5 Å². The van der Waals surface area contributed by atoms with Crippen molar-refractivity contribution < 1.29 is 18.3 Å². The van der Waals surface area contributed by atoms with Gasteiger partial charge in [0.1, 0.15) is 23.2 Å². The molecule has 3 rings (SSSR count). The molecule has 6 nitrogen and oxygen atoms in total. The Bertz CT molecular complexity index is 1040. The smallest absolute Gasteiger partial charge is 0.340 e. The molecule has 0 amide bonds. The Labute approximate surface area is 165 Å². The Kier molecular flexibility index (Phi) is 6.06. The summed E-state index contributed by atoms with van der Waals surface area (Å²) in [6.45, 7) is 3.66. The first-order chi connectivity index (χ1) is 13.5. The van der Waals surface area contributed by atoms with Crippen LogP contribution < -0.4 is 0 Å². The van der Waals surface area contributed by atoms with Gasteiger partial charge in [-0.25, -0.2) is 19.2 Å². The van der Waals surface area contributed by atoms with E-state index < -0.39 is 5.97 Å². The summed E-state index contributed by atoms with van der Waals surface area (Å²) in [7, 11) is 0. The zero-order valence-corrected chi connectivity index (χ0v) is 16.0. The van der Waals surface area contributed by atoms with Crippen LogP contribution in [-0.2, 0) is 10.5 Å². The van der Waals surface area contributed by atoms with Crippen LogP contribution in [0.25, 0.3) is 11.5 Å². The predicted molar refractivity (Wildman–Crippen MR) is 101 cm³/mol. The van der Waals surface area contributed by atoms with Crippen molar-refractivity contribution in [1.82, 2.24) is 9.97 Å². The van der Waals surface area contributed by atoms with Gasteiger partial charge in [-0.2, -0.15) is 5.26 Å². The Morgan fingerprint density at radius 1 is 1.32 bits per heavy atom. The van der Waals surface area contributed by atoms with E-state index in [4.69, 9.17) is 9.15 Å². The number of nitrogens with zero attached hydrogens (tertiary/aromatic N) is 3. The van der Waals surface area contributed by atoms with E-state index in [1.54, 1.807) is 26.0 Å². The van der Waals surface area contributed by atoms with Crippen LogP contribution in [0.5, 0.6) is 0 Å². The second-order valence-corrected chi connectivity index (χ2v) is 6.71. The van der Waals surface area contributed by atoms with Gasteiger partial charge < -0.3 is 9.15 Å². The summed E-state index contributed by atoms with van der Waals surface area (Å²) >= 11 is 1.32. The molecule has 0 saturated heterocycles. The molecule has 0 unspecified atom stereocenters. The molecule has 1 aromatic carbocycles. The minimum absolute atomic E-state index is 0.249. The van der Waals surface area contributed by atoms with E-state index in [9.17, 15) is 14.4 Å². The maximum absolute atomic E-state index is 13.0. The molecule has 2 heterocycles. The van der Waals surface area contributed by atoms with Crippen molar-refractivity contribution >= 4 is 17.7 Å². The molecule has 8 heteroatoms. The van der Waals surface area contributed by atoms with Crippen molar-refractivity contribution in [1.29, 1.82) is 5.26 Å². The van der Waals surface area contributed by atoms with Gasteiger partial charge >= 0.3 is 5.97 Å². The standard InChI is InChI=1S/C20H16FN3O3S/c1-3-26-20(25)17-8-14(9-22)19(23-12(17)2)28-11-16-10-27-18(24-16)13-4-6-15(21)7-5-13/h4-8,10H,3,11H2,1-2H3. The van der Waals surface area contributed by atoms with Gasteiger partial charge in [0, 0.05) is 11.3 Å². The van der Waals surface area contributed by atoms with Crippen LogP contribution >= 0.6 is 11.8 Å². The van der Waals surface area contributed by atoms with Crippen LogP contribution in [0, 0.1) is 24.1 Å². The first-order valence-corrected chi connectivity index (χ1v) is 9.42. The van der Waals surface area contributed by atoms with Gasteiger partial charge in [-0.3, -0.25) is 0 Å². The number of aromatic nitrogens is 2. The molecule has 0 aliphatic heterocycles. The molecule has 0 radical (unpaired) electrons. The highest BCUT2D eigenvalue weighted by molar-refractivity contribution is 7.98. The third-order valence-corrected chi connectivity index (χ3v) is 4.82. The van der Waals surface area contributed by atoms with Crippen molar-refractivity contribution in [3.63, 3.8) is 0 Å². The molecule has 142 valence electrons. The topological polar surface area (TPSA) is 89.0 Å². The average Bonchev–Trinajstić information content (AvgIpc) is 3.16. The monoisotopic (exact) mass is 397 g/mol. The molecule has 0 saturated carbocycles. The van der Waals surface area contributed by atoms with E-state index in [0.29, 0.717) is 39.2 Å². The highest BCUT2D eigenvalue weighted by Gasteiger charge is 2.17. The van der Waals surface area contributed by atoms with E-state index >= 15 is 0 Å². The second kappa shape index (κ2) is 8.67. The van der Waals surface area contributed by atoms with E-state index in [1.165, 1.54) is 36.2 Å². The minimum atomic E-state index is -0.499. The summed E-state index contributed by atoms with van der Waals surface area (Å²) in [5, 5.41) is 9.90. The predicted octanol–water partition coefficient (Wildman–Crippen LogP) is 4.52. The van der Waals surface area contributed by atoms with Gasteiger partial charge in [-0.05, 0) is 44.2 Å². The van der Waals surface area contributed by atoms with Crippen molar-refractivity contribution in [2.75, 3.05) is 6.61 Å². The Hall–Kier alpha value is -3.18. The number of pyridine rings is 1. The first-order valence-electron chi connectivity index (χ1n) is 8.43. The number of nitriles is 1. The lowest BCUT2D eigenvalue weighted by Gasteiger charge is -2.08. The number of rotatable bonds is 6. The van der Waals surface area contributed by atoms with Crippen molar-refractivity contribution in [3.8, 4) is 17.5 Å². The summed E-state index contributed by atoms with van der Waals surface area (Å²) in [5.74, 6) is -0.0217. The highest BCUT2D eigenvalue weighted by Crippen LogP contribution is 2.27. The van der Waals surface area contributed by atoms with Gasteiger partial charge in [0.2, 0.25) is 5.89 Å². The van der Waals surface area contributed by atoms with Crippen molar-refractivity contribution in [2.45, 2.75) is 24.6 Å².